The summed E-state index contributed by atoms with van der Waals surface area (Å²) >= 11 is 7.48. The molecule has 192 valence electrons. The van der Waals surface area contributed by atoms with Gasteiger partial charge in [0.05, 0.1) is 5.69 Å². The van der Waals surface area contributed by atoms with E-state index in [1.807, 2.05) is 66.7 Å². The Hall–Kier alpha value is -3.82. The van der Waals surface area contributed by atoms with Crippen molar-refractivity contribution in [2.75, 3.05) is 6.79 Å². The smallest absolute Gasteiger partial charge is 0.259 e. The highest BCUT2D eigenvalue weighted by atomic mass is 35.5. The highest BCUT2D eigenvalue weighted by Gasteiger charge is 2.41. The summed E-state index contributed by atoms with van der Waals surface area (Å²) in [5, 5.41) is 4.17. The van der Waals surface area contributed by atoms with Crippen LogP contribution in [0, 0.1) is 0 Å². The standard InChI is InChI=1S/C28H23ClN4O4S/c29-19-8-5-17(6-9-19)15-38-28-32-21-4-2-1-3-20(21)26-31-22(27(35)33(26)28)10-12-25(34)30-14-18-7-11-23-24(13-18)37-16-36-23/h1-9,11,13,22H,10,12,14-16H2,(H,30,34)/t22-/m0/s1. The van der Waals surface area contributed by atoms with Gasteiger partial charge in [-0.25, -0.2) is 9.89 Å². The lowest BCUT2D eigenvalue weighted by atomic mass is 10.1. The number of thioether (sulfide) groups is 1. The van der Waals surface area contributed by atoms with Crippen molar-refractivity contribution in [3.05, 3.63) is 88.4 Å². The Morgan fingerprint density at radius 3 is 2.71 bits per heavy atom. The molecule has 1 N–H and O–H groups in total. The average molecular weight is 547 g/mol. The second kappa shape index (κ2) is 10.5. The monoisotopic (exact) mass is 546 g/mol. The molecule has 6 rings (SSSR count). The number of nitrogens with zero attached hydrogens (tertiary/aromatic N) is 3. The normalized spacial score (nSPS) is 17.0. The van der Waals surface area contributed by atoms with Crippen LogP contribution in [-0.2, 0) is 21.9 Å². The number of fused-ring (bicyclic) bond motifs is 4. The largest absolute Gasteiger partial charge is 0.454 e. The van der Waals surface area contributed by atoms with Crippen molar-refractivity contribution >= 4 is 51.9 Å². The van der Waals surface area contributed by atoms with E-state index in [0.717, 1.165) is 22.4 Å². The van der Waals surface area contributed by atoms with Gasteiger partial charge < -0.3 is 14.8 Å². The summed E-state index contributed by atoms with van der Waals surface area (Å²) in [6, 6.07) is 20.2. The minimum absolute atomic E-state index is 0.146. The van der Waals surface area contributed by atoms with Crippen LogP contribution in [0.25, 0.3) is 0 Å². The van der Waals surface area contributed by atoms with Crippen LogP contribution in [0.3, 0.4) is 0 Å². The highest BCUT2D eigenvalue weighted by molar-refractivity contribution is 8.13. The van der Waals surface area contributed by atoms with Gasteiger partial charge in [-0.3, -0.25) is 14.6 Å². The average Bonchev–Trinajstić information content (AvgIpc) is 3.54. The van der Waals surface area contributed by atoms with Crippen LogP contribution in [0.15, 0.2) is 76.7 Å². The molecular weight excluding hydrogens is 524 g/mol. The van der Waals surface area contributed by atoms with Gasteiger partial charge in [0, 0.05) is 29.3 Å². The first-order valence-corrected chi connectivity index (χ1v) is 13.5. The third kappa shape index (κ3) is 4.99. The van der Waals surface area contributed by atoms with Gasteiger partial charge in [0.2, 0.25) is 12.7 Å². The fraction of sp³-hybridized carbons (Fsp3) is 0.214. The molecule has 0 saturated heterocycles. The first-order chi connectivity index (χ1) is 18.5. The van der Waals surface area contributed by atoms with Gasteiger partial charge in [-0.15, -0.1) is 0 Å². The molecule has 3 aliphatic rings. The van der Waals surface area contributed by atoms with Gasteiger partial charge in [0.1, 0.15) is 11.9 Å². The van der Waals surface area contributed by atoms with Gasteiger partial charge in [0.25, 0.3) is 5.91 Å². The molecular formula is C28H23ClN4O4S. The summed E-state index contributed by atoms with van der Waals surface area (Å²) in [5.74, 6) is 2.28. The molecule has 3 aromatic carbocycles. The summed E-state index contributed by atoms with van der Waals surface area (Å²) in [6.07, 6.45) is 0.487. The number of carbonyl (C=O) groups is 2. The fourth-order valence-corrected chi connectivity index (χ4v) is 5.51. The Kier molecular flexibility index (Phi) is 6.78. The van der Waals surface area contributed by atoms with Gasteiger partial charge in [0.15, 0.2) is 16.7 Å². The molecule has 10 heteroatoms. The quantitative estimate of drug-likeness (QED) is 0.447. The van der Waals surface area contributed by atoms with Crippen molar-refractivity contribution in [3.63, 3.8) is 0 Å². The second-order valence-electron chi connectivity index (χ2n) is 8.97. The van der Waals surface area contributed by atoms with E-state index in [0.29, 0.717) is 46.2 Å². The molecule has 3 aliphatic heterocycles. The molecule has 0 radical (unpaired) electrons. The van der Waals surface area contributed by atoms with E-state index < -0.39 is 6.04 Å². The maximum Gasteiger partial charge on any atom is 0.259 e. The number of hydrogen-bond donors (Lipinski definition) is 1. The summed E-state index contributed by atoms with van der Waals surface area (Å²) in [7, 11) is 0. The summed E-state index contributed by atoms with van der Waals surface area (Å²) in [5.41, 5.74) is 3.57. The number of benzene rings is 3. The number of para-hydroxylation sites is 1. The van der Waals surface area contributed by atoms with Crippen LogP contribution in [-0.4, -0.2) is 40.6 Å². The number of amides is 2. The van der Waals surface area contributed by atoms with Crippen LogP contribution in [0.1, 0.15) is 29.5 Å². The maximum atomic E-state index is 13.5. The molecule has 0 unspecified atom stereocenters. The number of ether oxygens (including phenoxy) is 2. The van der Waals surface area contributed by atoms with E-state index >= 15 is 0 Å². The molecule has 38 heavy (non-hydrogen) atoms. The zero-order valence-electron chi connectivity index (χ0n) is 20.2. The summed E-state index contributed by atoms with van der Waals surface area (Å²) in [4.78, 5) is 37.2. The second-order valence-corrected chi connectivity index (χ2v) is 10.4. The molecule has 1 atom stereocenters. The van der Waals surface area contributed by atoms with E-state index in [-0.39, 0.29) is 25.0 Å². The molecule has 0 fully saturated rings. The summed E-state index contributed by atoms with van der Waals surface area (Å²) < 4.78 is 10.7. The van der Waals surface area contributed by atoms with Crippen LogP contribution in [0.4, 0.5) is 5.69 Å². The number of hydrogen-bond acceptors (Lipinski definition) is 7. The Morgan fingerprint density at radius 1 is 1.05 bits per heavy atom. The molecule has 0 aliphatic carbocycles. The first kappa shape index (κ1) is 24.5. The Balaban J connectivity index is 1.11. The summed E-state index contributed by atoms with van der Waals surface area (Å²) in [6.45, 7) is 0.566. The zero-order chi connectivity index (χ0) is 26.1. The number of amidine groups is 2. The van der Waals surface area contributed by atoms with Crippen LogP contribution < -0.4 is 14.8 Å². The van der Waals surface area contributed by atoms with Crippen molar-refractivity contribution in [3.8, 4) is 11.5 Å². The molecule has 3 heterocycles. The van der Waals surface area contributed by atoms with E-state index in [4.69, 9.17) is 31.1 Å². The minimum atomic E-state index is -0.645. The lowest BCUT2D eigenvalue weighted by Gasteiger charge is -2.25. The third-order valence-corrected chi connectivity index (χ3v) is 7.66. The lowest BCUT2D eigenvalue weighted by molar-refractivity contribution is -0.125. The molecule has 0 bridgehead atoms. The van der Waals surface area contributed by atoms with Crippen molar-refractivity contribution in [2.45, 2.75) is 31.2 Å². The first-order valence-electron chi connectivity index (χ1n) is 12.2. The third-order valence-electron chi connectivity index (χ3n) is 6.40. The van der Waals surface area contributed by atoms with Gasteiger partial charge in [-0.1, -0.05) is 53.7 Å². The van der Waals surface area contributed by atoms with Crippen LogP contribution in [0.2, 0.25) is 5.02 Å². The van der Waals surface area contributed by atoms with Crippen LogP contribution in [0.5, 0.6) is 11.5 Å². The predicted octanol–water partition coefficient (Wildman–Crippen LogP) is 5.06. The molecule has 3 aromatic rings. The van der Waals surface area contributed by atoms with Crippen molar-refractivity contribution < 1.29 is 19.1 Å². The van der Waals surface area contributed by atoms with E-state index in [9.17, 15) is 9.59 Å². The van der Waals surface area contributed by atoms with Gasteiger partial charge >= 0.3 is 0 Å². The SMILES string of the molecule is O=C(CC[C@@H]1N=C2c3ccccc3N=C(SCc3ccc(Cl)cc3)N2C1=O)NCc1ccc2c(c1)OCO2. The topological polar surface area (TPSA) is 92.6 Å². The van der Waals surface area contributed by atoms with E-state index in [1.165, 1.54) is 11.8 Å². The van der Waals surface area contributed by atoms with Crippen LogP contribution >= 0.6 is 23.4 Å². The molecule has 8 nitrogen and oxygen atoms in total. The number of aliphatic imine (C=N–C) groups is 2. The van der Waals surface area contributed by atoms with Crippen molar-refractivity contribution in [2.24, 2.45) is 9.98 Å². The number of halogens is 1. The number of rotatable bonds is 7. The minimum Gasteiger partial charge on any atom is -0.454 e. The van der Waals surface area contributed by atoms with Gasteiger partial charge in [-0.05, 0) is 53.9 Å². The number of carbonyl (C=O) groups excluding carboxylic acids is 2. The number of nitrogens with one attached hydrogen (secondary N) is 1. The fourth-order valence-electron chi connectivity index (χ4n) is 4.42. The lowest BCUT2D eigenvalue weighted by Crippen LogP contribution is -2.41. The highest BCUT2D eigenvalue weighted by Crippen LogP contribution is 2.35. The zero-order valence-corrected chi connectivity index (χ0v) is 21.8. The Bertz CT molecular complexity index is 1470. The van der Waals surface area contributed by atoms with Crippen molar-refractivity contribution in [1.29, 1.82) is 0 Å². The van der Waals surface area contributed by atoms with E-state index in [1.54, 1.807) is 4.90 Å². The van der Waals surface area contributed by atoms with Crippen molar-refractivity contribution in [1.82, 2.24) is 10.2 Å². The Labute approximate surface area is 228 Å². The predicted molar refractivity (Wildman–Crippen MR) is 147 cm³/mol. The molecule has 0 saturated carbocycles. The Morgan fingerprint density at radius 2 is 1.84 bits per heavy atom. The van der Waals surface area contributed by atoms with Gasteiger partial charge in [-0.2, -0.15) is 0 Å². The van der Waals surface area contributed by atoms with E-state index in [2.05, 4.69) is 5.32 Å². The molecule has 2 amide bonds. The maximum absolute atomic E-state index is 13.5. The molecule has 0 aromatic heterocycles. The molecule has 0 spiro atoms.